The smallest absolute Gasteiger partial charge is 0.271 e. The van der Waals surface area contributed by atoms with Gasteiger partial charge in [-0.15, -0.1) is 0 Å². The molecule has 180 valence electrons. The van der Waals surface area contributed by atoms with Crippen molar-refractivity contribution in [3.63, 3.8) is 0 Å². The zero-order chi connectivity index (χ0) is 25.2. The number of hydrogen-bond acceptors (Lipinski definition) is 5. The minimum absolute atomic E-state index is 0.246. The third-order valence-electron chi connectivity index (χ3n) is 5.90. The molecule has 0 saturated carbocycles. The number of nitrogens with one attached hydrogen (secondary N) is 1. The molecule has 36 heavy (non-hydrogen) atoms. The Morgan fingerprint density at radius 2 is 1.83 bits per heavy atom. The van der Waals surface area contributed by atoms with Crippen molar-refractivity contribution < 1.29 is 9.53 Å². The number of rotatable bonds is 5. The number of ether oxygens (including phenoxy) is 1. The molecule has 0 bridgehead atoms. The van der Waals surface area contributed by atoms with Crippen LogP contribution in [0, 0.1) is 0 Å². The van der Waals surface area contributed by atoms with Crippen molar-refractivity contribution in [2.75, 3.05) is 12.4 Å². The second-order valence-corrected chi connectivity index (χ2v) is 9.62. The number of anilines is 1. The molecule has 1 aromatic heterocycles. The Hall–Kier alpha value is -3.94. The molecule has 0 aliphatic carbocycles. The Kier molecular flexibility index (Phi) is 6.59. The molecule has 1 atom stereocenters. The summed E-state index contributed by atoms with van der Waals surface area (Å²) >= 11 is 7.61. The lowest BCUT2D eigenvalue weighted by atomic mass is 9.95. The van der Waals surface area contributed by atoms with Crippen LogP contribution in [-0.2, 0) is 4.79 Å². The van der Waals surface area contributed by atoms with Crippen LogP contribution >= 0.6 is 22.9 Å². The molecule has 5 rings (SSSR count). The molecule has 3 aromatic carbocycles. The van der Waals surface area contributed by atoms with Crippen LogP contribution in [0.25, 0.3) is 6.08 Å². The number of amides is 1. The number of nitrogens with zero attached hydrogens (tertiary/aromatic N) is 2. The maximum Gasteiger partial charge on any atom is 0.271 e. The summed E-state index contributed by atoms with van der Waals surface area (Å²) in [6.45, 7) is 1.79. The van der Waals surface area contributed by atoms with Crippen LogP contribution in [0.4, 0.5) is 5.69 Å². The highest BCUT2D eigenvalue weighted by molar-refractivity contribution is 7.07. The van der Waals surface area contributed by atoms with Crippen LogP contribution in [0.15, 0.2) is 99.9 Å². The molecule has 6 nitrogen and oxygen atoms in total. The second-order valence-electron chi connectivity index (χ2n) is 8.20. The Balaban J connectivity index is 1.70. The molecule has 0 fully saturated rings. The van der Waals surface area contributed by atoms with Crippen LogP contribution in [0.3, 0.4) is 0 Å². The van der Waals surface area contributed by atoms with Crippen molar-refractivity contribution in [3.8, 4) is 5.75 Å². The topological polar surface area (TPSA) is 72.7 Å². The minimum atomic E-state index is -0.687. The van der Waals surface area contributed by atoms with Gasteiger partial charge in [0.2, 0.25) is 0 Å². The summed E-state index contributed by atoms with van der Waals surface area (Å²) in [6, 6.07) is 23.2. The van der Waals surface area contributed by atoms with Crippen molar-refractivity contribution in [2.45, 2.75) is 13.0 Å². The zero-order valence-electron chi connectivity index (χ0n) is 19.6. The van der Waals surface area contributed by atoms with Crippen molar-refractivity contribution in [2.24, 2.45) is 4.99 Å². The molecule has 8 heteroatoms. The average molecular weight is 516 g/mol. The van der Waals surface area contributed by atoms with E-state index < -0.39 is 6.04 Å². The predicted octanol–water partition coefficient (Wildman–Crippen LogP) is 4.54. The van der Waals surface area contributed by atoms with E-state index in [9.17, 15) is 9.59 Å². The van der Waals surface area contributed by atoms with Crippen molar-refractivity contribution in [3.05, 3.63) is 126 Å². The molecule has 0 spiro atoms. The lowest BCUT2D eigenvalue weighted by Crippen LogP contribution is -2.40. The van der Waals surface area contributed by atoms with Gasteiger partial charge in [0, 0.05) is 10.7 Å². The fourth-order valence-corrected chi connectivity index (χ4v) is 5.42. The van der Waals surface area contributed by atoms with E-state index in [1.54, 1.807) is 30.7 Å². The summed E-state index contributed by atoms with van der Waals surface area (Å²) in [4.78, 5) is 32.5. The Bertz CT molecular complexity index is 1670. The van der Waals surface area contributed by atoms with Gasteiger partial charge in [-0.2, -0.15) is 0 Å². The van der Waals surface area contributed by atoms with E-state index in [0.29, 0.717) is 37.1 Å². The van der Waals surface area contributed by atoms with Gasteiger partial charge >= 0.3 is 0 Å². The number of methoxy groups -OCH3 is 1. The zero-order valence-corrected chi connectivity index (χ0v) is 21.1. The van der Waals surface area contributed by atoms with Crippen molar-refractivity contribution in [1.29, 1.82) is 0 Å². The summed E-state index contributed by atoms with van der Waals surface area (Å²) in [5.74, 6) is 0.304. The van der Waals surface area contributed by atoms with Crippen LogP contribution in [0.5, 0.6) is 5.75 Å². The van der Waals surface area contributed by atoms with Gasteiger partial charge in [0.25, 0.3) is 11.5 Å². The fraction of sp³-hybridized carbons (Fsp3) is 0.107. The Morgan fingerprint density at radius 3 is 2.58 bits per heavy atom. The second kappa shape index (κ2) is 9.97. The van der Waals surface area contributed by atoms with E-state index in [4.69, 9.17) is 16.3 Å². The first-order valence-electron chi connectivity index (χ1n) is 11.2. The molecular formula is C28H22ClN3O3S. The minimum Gasteiger partial charge on any atom is -0.497 e. The number of hydrogen-bond donors (Lipinski definition) is 1. The highest BCUT2D eigenvalue weighted by atomic mass is 35.5. The van der Waals surface area contributed by atoms with Gasteiger partial charge in [0.1, 0.15) is 5.75 Å². The lowest BCUT2D eigenvalue weighted by molar-refractivity contribution is -0.113. The van der Waals surface area contributed by atoms with Gasteiger partial charge in [-0.1, -0.05) is 71.5 Å². The van der Waals surface area contributed by atoms with E-state index >= 15 is 0 Å². The van der Waals surface area contributed by atoms with E-state index in [0.717, 1.165) is 11.1 Å². The first-order valence-corrected chi connectivity index (χ1v) is 12.4. The molecule has 0 unspecified atom stereocenters. The van der Waals surface area contributed by atoms with E-state index in [1.165, 1.54) is 11.3 Å². The standard InChI is InChI=1S/C28H22ClN3O3S/c1-17-24(26(33)31-20-11-4-3-5-12-20)25(19-10-8-13-21(15-19)35-2)32-27(34)23(36-28(32)30-17)16-18-9-6-7-14-22(18)29/h3-16,25H,1-2H3,(H,31,33)/b23-16+/t25-/m0/s1. The quantitative estimate of drug-likeness (QED) is 0.424. The van der Waals surface area contributed by atoms with Crippen LogP contribution in [0.1, 0.15) is 24.1 Å². The monoisotopic (exact) mass is 515 g/mol. The van der Waals surface area contributed by atoms with Gasteiger partial charge in [0.15, 0.2) is 4.80 Å². The summed E-state index contributed by atoms with van der Waals surface area (Å²) in [5, 5.41) is 3.50. The number of fused-ring (bicyclic) bond motifs is 1. The maximum atomic E-state index is 13.8. The average Bonchev–Trinajstić information content (AvgIpc) is 3.19. The normalized spacial score (nSPS) is 15.3. The Morgan fingerprint density at radius 1 is 1.08 bits per heavy atom. The van der Waals surface area contributed by atoms with Crippen molar-refractivity contribution in [1.82, 2.24) is 4.57 Å². The maximum absolute atomic E-state index is 13.8. The fourth-order valence-electron chi connectivity index (χ4n) is 4.19. The summed E-state index contributed by atoms with van der Waals surface area (Å²) in [6.07, 6.45) is 1.76. The summed E-state index contributed by atoms with van der Waals surface area (Å²) < 4.78 is 7.49. The van der Waals surface area contributed by atoms with Crippen LogP contribution in [-0.4, -0.2) is 17.6 Å². The molecule has 1 aliphatic heterocycles. The SMILES string of the molecule is COc1cccc([C@H]2C(C(=O)Nc3ccccc3)=C(C)N=c3s/c(=C/c4ccccc4Cl)c(=O)n32)c1. The number of allylic oxidation sites excluding steroid dienone is 1. The van der Waals surface area contributed by atoms with E-state index in [2.05, 4.69) is 10.3 Å². The first kappa shape index (κ1) is 23.8. The van der Waals surface area contributed by atoms with Crippen molar-refractivity contribution >= 4 is 40.6 Å². The van der Waals surface area contributed by atoms with Gasteiger partial charge in [-0.3, -0.25) is 14.2 Å². The molecule has 0 radical (unpaired) electrons. The summed E-state index contributed by atoms with van der Waals surface area (Å²) in [5.41, 5.74) is 2.82. The van der Waals surface area contributed by atoms with Gasteiger partial charge in [0.05, 0.1) is 29.0 Å². The van der Waals surface area contributed by atoms with Gasteiger partial charge < -0.3 is 10.1 Å². The van der Waals surface area contributed by atoms with E-state index in [-0.39, 0.29) is 11.5 Å². The molecular weight excluding hydrogens is 494 g/mol. The Labute approximate surface area is 216 Å². The molecule has 1 N–H and O–H groups in total. The number of halogens is 1. The third-order valence-corrected chi connectivity index (χ3v) is 7.23. The molecule has 1 amide bonds. The molecule has 0 saturated heterocycles. The van der Waals surface area contributed by atoms with Gasteiger partial charge in [-0.25, -0.2) is 4.99 Å². The molecule has 4 aromatic rings. The highest BCUT2D eigenvalue weighted by Gasteiger charge is 2.32. The predicted molar refractivity (Wildman–Crippen MR) is 143 cm³/mol. The number of para-hydroxylation sites is 1. The largest absolute Gasteiger partial charge is 0.497 e. The molecule has 1 aliphatic rings. The summed E-state index contributed by atoms with van der Waals surface area (Å²) in [7, 11) is 1.58. The number of carbonyl (C=O) groups excluding carboxylic acids is 1. The lowest BCUT2D eigenvalue weighted by Gasteiger charge is -2.25. The molecule has 2 heterocycles. The van der Waals surface area contributed by atoms with Crippen LogP contribution < -0.4 is 24.9 Å². The number of carbonyl (C=O) groups is 1. The number of aromatic nitrogens is 1. The number of thiazole rings is 1. The third kappa shape index (κ3) is 4.51. The van der Waals surface area contributed by atoms with Crippen LogP contribution in [0.2, 0.25) is 5.02 Å². The van der Waals surface area contributed by atoms with Gasteiger partial charge in [-0.05, 0) is 54.5 Å². The van der Waals surface area contributed by atoms with E-state index in [1.807, 2.05) is 72.8 Å². The highest BCUT2D eigenvalue weighted by Crippen LogP contribution is 2.32. The first-order chi connectivity index (χ1) is 17.5. The number of benzene rings is 3.